The summed E-state index contributed by atoms with van der Waals surface area (Å²) in [5.41, 5.74) is -0.275. The third kappa shape index (κ3) is 4.34. The van der Waals surface area contributed by atoms with E-state index in [9.17, 15) is 14.4 Å². The second kappa shape index (κ2) is 6.85. The average Bonchev–Trinajstić information content (AvgIpc) is 3.11. The molecule has 1 unspecified atom stereocenters. The first kappa shape index (κ1) is 17.1. The molecule has 1 aromatic heterocycles. The van der Waals surface area contributed by atoms with Crippen molar-refractivity contribution in [2.75, 3.05) is 19.6 Å². The monoisotopic (exact) mass is 321 g/mol. The van der Waals surface area contributed by atoms with Crippen LogP contribution in [0.5, 0.6) is 0 Å². The van der Waals surface area contributed by atoms with Crippen molar-refractivity contribution in [1.82, 2.24) is 15.5 Å². The molecule has 7 nitrogen and oxygen atoms in total. The van der Waals surface area contributed by atoms with Crippen LogP contribution in [0.2, 0.25) is 0 Å². The fourth-order valence-electron chi connectivity index (χ4n) is 2.53. The normalized spacial score (nSPS) is 18.1. The molecule has 0 saturated carbocycles. The molecule has 2 rings (SSSR count). The van der Waals surface area contributed by atoms with Crippen molar-refractivity contribution >= 4 is 17.7 Å². The maximum atomic E-state index is 12.1. The molecule has 1 aromatic rings. The van der Waals surface area contributed by atoms with Gasteiger partial charge < -0.3 is 20.0 Å². The van der Waals surface area contributed by atoms with E-state index in [2.05, 4.69) is 10.6 Å². The quantitative estimate of drug-likeness (QED) is 0.784. The van der Waals surface area contributed by atoms with Crippen molar-refractivity contribution in [2.45, 2.75) is 32.7 Å². The summed E-state index contributed by atoms with van der Waals surface area (Å²) in [5.74, 6) is -0.568. The maximum Gasteiger partial charge on any atom is 0.287 e. The summed E-state index contributed by atoms with van der Waals surface area (Å²) in [5, 5.41) is 5.40. The number of likely N-dealkylation sites (tertiary alicyclic amines) is 1. The Labute approximate surface area is 135 Å². The molecule has 1 aliphatic heterocycles. The van der Waals surface area contributed by atoms with E-state index < -0.39 is 0 Å². The third-order valence-electron chi connectivity index (χ3n) is 3.76. The summed E-state index contributed by atoms with van der Waals surface area (Å²) in [6, 6.07) is 3.20. The minimum absolute atomic E-state index is 0.00349. The zero-order valence-corrected chi connectivity index (χ0v) is 13.7. The predicted molar refractivity (Wildman–Crippen MR) is 83.6 cm³/mol. The lowest BCUT2D eigenvalue weighted by molar-refractivity contribution is -0.132. The van der Waals surface area contributed by atoms with E-state index in [0.29, 0.717) is 19.6 Å². The van der Waals surface area contributed by atoms with Gasteiger partial charge in [0.15, 0.2) is 5.76 Å². The van der Waals surface area contributed by atoms with Crippen LogP contribution in [0.3, 0.4) is 0 Å². The molecule has 0 aromatic carbocycles. The lowest BCUT2D eigenvalue weighted by Crippen LogP contribution is -2.43. The van der Waals surface area contributed by atoms with Gasteiger partial charge in [-0.25, -0.2) is 0 Å². The van der Waals surface area contributed by atoms with Gasteiger partial charge in [-0.15, -0.1) is 0 Å². The van der Waals surface area contributed by atoms with Crippen molar-refractivity contribution in [3.63, 3.8) is 0 Å². The largest absolute Gasteiger partial charge is 0.459 e. The van der Waals surface area contributed by atoms with Gasteiger partial charge >= 0.3 is 0 Å². The number of carbonyl (C=O) groups is 3. The number of furan rings is 1. The minimum Gasteiger partial charge on any atom is -0.459 e. The highest BCUT2D eigenvalue weighted by atomic mass is 16.3. The lowest BCUT2D eigenvalue weighted by Gasteiger charge is -2.31. The first-order valence-corrected chi connectivity index (χ1v) is 7.69. The highest BCUT2D eigenvalue weighted by Gasteiger charge is 2.39. The number of rotatable bonds is 5. The smallest absolute Gasteiger partial charge is 0.287 e. The molecule has 1 fully saturated rings. The predicted octanol–water partition coefficient (Wildman–Crippen LogP) is 0.773. The Morgan fingerprint density at radius 2 is 2.00 bits per heavy atom. The molecule has 0 aliphatic carbocycles. The van der Waals surface area contributed by atoms with Crippen LogP contribution in [0.1, 0.15) is 37.7 Å². The summed E-state index contributed by atoms with van der Waals surface area (Å²) in [7, 11) is 0. The van der Waals surface area contributed by atoms with Gasteiger partial charge in [0.1, 0.15) is 0 Å². The fraction of sp³-hybridized carbons (Fsp3) is 0.562. The first-order chi connectivity index (χ1) is 10.8. The van der Waals surface area contributed by atoms with Crippen LogP contribution < -0.4 is 10.6 Å². The van der Waals surface area contributed by atoms with E-state index >= 15 is 0 Å². The molecule has 126 valence electrons. The summed E-state index contributed by atoms with van der Waals surface area (Å²) >= 11 is 0. The van der Waals surface area contributed by atoms with E-state index in [0.717, 1.165) is 0 Å². The van der Waals surface area contributed by atoms with Gasteiger partial charge in [0.25, 0.3) is 5.91 Å². The van der Waals surface area contributed by atoms with E-state index in [-0.39, 0.29) is 41.4 Å². The van der Waals surface area contributed by atoms with Crippen LogP contribution >= 0.6 is 0 Å². The highest BCUT2D eigenvalue weighted by Crippen LogP contribution is 2.25. The molecule has 3 amide bonds. The number of hydrogen-bond acceptors (Lipinski definition) is 4. The maximum absolute atomic E-state index is 12.1. The minimum atomic E-state index is -0.331. The van der Waals surface area contributed by atoms with Crippen LogP contribution in [0, 0.1) is 5.92 Å². The Morgan fingerprint density at radius 1 is 1.30 bits per heavy atom. The van der Waals surface area contributed by atoms with E-state index in [1.54, 1.807) is 17.0 Å². The second-order valence-corrected chi connectivity index (χ2v) is 6.60. The van der Waals surface area contributed by atoms with E-state index in [1.165, 1.54) is 6.26 Å². The van der Waals surface area contributed by atoms with Crippen LogP contribution in [-0.4, -0.2) is 47.8 Å². The summed E-state index contributed by atoms with van der Waals surface area (Å²) in [4.78, 5) is 37.4. The molecule has 0 bridgehead atoms. The van der Waals surface area contributed by atoms with Crippen molar-refractivity contribution < 1.29 is 18.8 Å². The van der Waals surface area contributed by atoms with Gasteiger partial charge in [-0.3, -0.25) is 14.4 Å². The number of nitrogens with zero attached hydrogens (tertiary/aromatic N) is 1. The van der Waals surface area contributed by atoms with Gasteiger partial charge in [-0.1, -0.05) is 0 Å². The molecule has 1 atom stereocenters. The molecule has 2 N–H and O–H groups in total. The van der Waals surface area contributed by atoms with Gasteiger partial charge in [0.05, 0.1) is 12.2 Å². The van der Waals surface area contributed by atoms with Crippen LogP contribution in [0.25, 0.3) is 0 Å². The molecular weight excluding hydrogens is 298 g/mol. The second-order valence-electron chi connectivity index (χ2n) is 6.60. The number of nitrogens with one attached hydrogen (secondary N) is 2. The van der Waals surface area contributed by atoms with Gasteiger partial charge in [0, 0.05) is 31.6 Å². The number of amides is 3. The van der Waals surface area contributed by atoms with Gasteiger partial charge in [0.2, 0.25) is 11.8 Å². The lowest BCUT2D eigenvalue weighted by atomic mass is 10.1. The summed E-state index contributed by atoms with van der Waals surface area (Å²) < 4.78 is 4.97. The zero-order valence-electron chi connectivity index (χ0n) is 13.7. The molecule has 0 radical (unpaired) electrons. The molecule has 7 heteroatoms. The van der Waals surface area contributed by atoms with Crippen molar-refractivity contribution in [1.29, 1.82) is 0 Å². The van der Waals surface area contributed by atoms with Crippen LogP contribution in [-0.2, 0) is 9.59 Å². The first-order valence-electron chi connectivity index (χ1n) is 7.69. The molecule has 1 aliphatic rings. The SMILES string of the molecule is CC(C)(C)N1CC(C(=O)NCCNC(=O)c2ccco2)CC1=O. The number of hydrogen-bond donors (Lipinski definition) is 2. The Bertz CT molecular complexity index is 575. The van der Waals surface area contributed by atoms with Gasteiger partial charge in [-0.2, -0.15) is 0 Å². The van der Waals surface area contributed by atoms with Crippen molar-refractivity contribution in [3.8, 4) is 0 Å². The molecule has 0 spiro atoms. The summed E-state index contributed by atoms with van der Waals surface area (Å²) in [6.07, 6.45) is 1.66. The molecule has 1 saturated heterocycles. The Hall–Kier alpha value is -2.31. The Balaban J connectivity index is 1.71. The number of carbonyl (C=O) groups excluding carboxylic acids is 3. The molecule has 2 heterocycles. The third-order valence-corrected chi connectivity index (χ3v) is 3.76. The average molecular weight is 321 g/mol. The van der Waals surface area contributed by atoms with Crippen LogP contribution in [0.15, 0.2) is 22.8 Å². The Morgan fingerprint density at radius 3 is 2.57 bits per heavy atom. The van der Waals surface area contributed by atoms with E-state index in [4.69, 9.17) is 4.42 Å². The van der Waals surface area contributed by atoms with Crippen LogP contribution in [0.4, 0.5) is 0 Å². The highest BCUT2D eigenvalue weighted by molar-refractivity contribution is 5.91. The molecule has 23 heavy (non-hydrogen) atoms. The topological polar surface area (TPSA) is 91.7 Å². The molecular formula is C16H23N3O4. The van der Waals surface area contributed by atoms with Crippen molar-refractivity contribution in [2.24, 2.45) is 5.92 Å². The van der Waals surface area contributed by atoms with E-state index in [1.807, 2.05) is 20.8 Å². The fourth-order valence-corrected chi connectivity index (χ4v) is 2.53. The standard InChI is InChI=1S/C16H23N3O4/c1-16(2,3)19-10-11(9-13(19)20)14(21)17-6-7-18-15(22)12-5-4-8-23-12/h4-5,8,11H,6-7,9-10H2,1-3H3,(H,17,21)(H,18,22). The van der Waals surface area contributed by atoms with Gasteiger partial charge in [-0.05, 0) is 32.9 Å². The zero-order chi connectivity index (χ0) is 17.0. The summed E-state index contributed by atoms with van der Waals surface area (Å²) in [6.45, 7) is 6.91. The van der Waals surface area contributed by atoms with Crippen molar-refractivity contribution in [3.05, 3.63) is 24.2 Å². The Kier molecular flexibility index (Phi) is 5.08.